The maximum absolute atomic E-state index is 9.40. The van der Waals surface area contributed by atoms with Gasteiger partial charge < -0.3 is 21.0 Å². The van der Waals surface area contributed by atoms with Crippen molar-refractivity contribution in [1.29, 1.82) is 0 Å². The van der Waals surface area contributed by atoms with Crippen LogP contribution in [0.1, 0.15) is 20.8 Å². The Morgan fingerprint density at radius 1 is 1.45 bits per heavy atom. The van der Waals surface area contributed by atoms with Gasteiger partial charge in [0.05, 0.1) is 13.2 Å². The van der Waals surface area contributed by atoms with Crippen LogP contribution in [-0.2, 0) is 0 Å². The lowest BCUT2D eigenvalue weighted by atomic mass is 10.0. The fraction of sp³-hybridized carbons (Fsp3) is 1.00. The molecule has 70 valence electrons. The van der Waals surface area contributed by atoms with Gasteiger partial charge in [0.2, 0.25) is 0 Å². The van der Waals surface area contributed by atoms with E-state index < -0.39 is 5.60 Å². The Labute approximate surface area is 67.5 Å². The summed E-state index contributed by atoms with van der Waals surface area (Å²) in [4.78, 5) is 0. The third-order valence-corrected chi connectivity index (χ3v) is 1.76. The largest absolute Gasteiger partial charge is 0.870 e. The number of hydrogen-bond donors (Lipinski definition) is 3. The number of quaternary nitrogens is 1. The van der Waals surface area contributed by atoms with E-state index in [1.807, 2.05) is 12.2 Å². The minimum atomic E-state index is -0.658. The average molecular weight is 165 g/mol. The second-order valence-electron chi connectivity index (χ2n) is 3.19. The van der Waals surface area contributed by atoms with E-state index in [1.165, 1.54) is 0 Å². The molecule has 0 aromatic rings. The lowest BCUT2D eigenvalue weighted by Crippen LogP contribution is -2.93. The van der Waals surface area contributed by atoms with Gasteiger partial charge in [-0.2, -0.15) is 0 Å². The third-order valence-electron chi connectivity index (χ3n) is 1.76. The molecule has 0 aliphatic rings. The van der Waals surface area contributed by atoms with Crippen molar-refractivity contribution in [3.05, 3.63) is 0 Å². The molecule has 0 bridgehead atoms. The normalized spacial score (nSPS) is 13.9. The van der Waals surface area contributed by atoms with Crippen molar-refractivity contribution in [1.82, 2.24) is 0 Å². The molecule has 0 aromatic heterocycles. The molecule has 0 spiro atoms. The van der Waals surface area contributed by atoms with Crippen LogP contribution in [0.3, 0.4) is 0 Å². The van der Waals surface area contributed by atoms with Gasteiger partial charge >= 0.3 is 0 Å². The number of aliphatic hydroxyl groups is 2. The first kappa shape index (κ1) is 13.4. The van der Waals surface area contributed by atoms with E-state index in [4.69, 9.17) is 5.11 Å². The van der Waals surface area contributed by atoms with E-state index in [-0.39, 0.29) is 18.1 Å². The van der Waals surface area contributed by atoms with Crippen LogP contribution >= 0.6 is 0 Å². The van der Waals surface area contributed by atoms with E-state index in [9.17, 15) is 5.11 Å². The standard InChI is InChI=1S/C7H17NO2.H2O/c1-6(7(2,3)10)8-4-5-9;/h6,8-10H,4-5H2,1-3H3;1H2. The van der Waals surface area contributed by atoms with Gasteiger partial charge in [-0.25, -0.2) is 0 Å². The molecule has 5 N–H and O–H groups in total. The Kier molecular flexibility index (Phi) is 6.70. The molecule has 1 atom stereocenters. The molecule has 0 aliphatic heterocycles. The van der Waals surface area contributed by atoms with Crippen LogP contribution < -0.4 is 5.32 Å². The van der Waals surface area contributed by atoms with Crippen LogP contribution in [0.4, 0.5) is 0 Å². The highest BCUT2D eigenvalue weighted by atomic mass is 16.3. The Bertz CT molecular complexity index is 90.2. The number of hydrogen-bond acceptors (Lipinski definition) is 3. The summed E-state index contributed by atoms with van der Waals surface area (Å²) in [6.07, 6.45) is 0. The monoisotopic (exact) mass is 165 g/mol. The number of aliphatic hydroxyl groups excluding tert-OH is 1. The molecule has 4 heteroatoms. The van der Waals surface area contributed by atoms with Gasteiger partial charge in [-0.05, 0) is 20.8 Å². The van der Waals surface area contributed by atoms with Crippen LogP contribution in [0.2, 0.25) is 0 Å². The topological polar surface area (TPSA) is 87.1 Å². The third kappa shape index (κ3) is 6.25. The highest BCUT2D eigenvalue weighted by Crippen LogP contribution is 2.02. The van der Waals surface area contributed by atoms with Crippen molar-refractivity contribution < 1.29 is 21.0 Å². The zero-order chi connectivity index (χ0) is 8.20. The van der Waals surface area contributed by atoms with E-state index in [0.717, 1.165) is 0 Å². The van der Waals surface area contributed by atoms with Gasteiger partial charge in [0.1, 0.15) is 11.6 Å². The molecule has 0 rings (SSSR count). The van der Waals surface area contributed by atoms with E-state index in [1.54, 1.807) is 13.8 Å². The van der Waals surface area contributed by atoms with Crippen LogP contribution in [0.25, 0.3) is 0 Å². The summed E-state index contributed by atoms with van der Waals surface area (Å²) in [5, 5.41) is 19.8. The van der Waals surface area contributed by atoms with Crippen molar-refractivity contribution in [2.45, 2.75) is 32.4 Å². The molecular formula is C7H19NO3. The number of nitrogens with two attached hydrogens (primary N) is 1. The lowest BCUT2D eigenvalue weighted by Gasteiger charge is -2.23. The molecule has 0 saturated heterocycles. The Morgan fingerprint density at radius 3 is 2.18 bits per heavy atom. The molecule has 4 nitrogen and oxygen atoms in total. The quantitative estimate of drug-likeness (QED) is 0.475. The van der Waals surface area contributed by atoms with Gasteiger partial charge in [-0.1, -0.05) is 0 Å². The van der Waals surface area contributed by atoms with Crippen molar-refractivity contribution in [3.8, 4) is 0 Å². The van der Waals surface area contributed by atoms with E-state index in [0.29, 0.717) is 6.54 Å². The lowest BCUT2D eigenvalue weighted by molar-refractivity contribution is -0.699. The van der Waals surface area contributed by atoms with Crippen LogP contribution in [0, 0.1) is 0 Å². The maximum Gasteiger partial charge on any atom is 0.112 e. The van der Waals surface area contributed by atoms with Crippen molar-refractivity contribution in [2.75, 3.05) is 13.2 Å². The Hall–Kier alpha value is -0.160. The molecule has 0 aliphatic carbocycles. The van der Waals surface area contributed by atoms with Crippen LogP contribution in [0.5, 0.6) is 0 Å². The Balaban J connectivity index is 0. The second kappa shape index (κ2) is 5.49. The summed E-state index contributed by atoms with van der Waals surface area (Å²) < 4.78 is 0. The molecule has 0 fully saturated rings. The summed E-state index contributed by atoms with van der Waals surface area (Å²) in [5.41, 5.74) is -0.658. The van der Waals surface area contributed by atoms with E-state index in [2.05, 4.69) is 0 Å². The predicted octanol–water partition coefficient (Wildman–Crippen LogP) is -1.48. The molecule has 0 heterocycles. The first-order valence-corrected chi connectivity index (χ1v) is 3.65. The first-order chi connectivity index (χ1) is 4.48. The van der Waals surface area contributed by atoms with Crippen LogP contribution in [0.15, 0.2) is 0 Å². The fourth-order valence-corrected chi connectivity index (χ4v) is 0.613. The first-order valence-electron chi connectivity index (χ1n) is 3.65. The zero-order valence-electron chi connectivity index (χ0n) is 7.41. The summed E-state index contributed by atoms with van der Waals surface area (Å²) >= 11 is 0. The number of rotatable bonds is 4. The minimum absolute atomic E-state index is 0. The highest BCUT2D eigenvalue weighted by Gasteiger charge is 2.24. The van der Waals surface area contributed by atoms with Crippen molar-refractivity contribution in [2.24, 2.45) is 0 Å². The molecule has 0 aromatic carbocycles. The SMILES string of the molecule is CC([NH2+]CCO)C(C)(C)O.[OH-]. The predicted molar refractivity (Wildman–Crippen MR) is 41.6 cm³/mol. The molecule has 11 heavy (non-hydrogen) atoms. The summed E-state index contributed by atoms with van der Waals surface area (Å²) in [6, 6.07) is 0.139. The maximum atomic E-state index is 9.40. The Morgan fingerprint density at radius 2 is 1.91 bits per heavy atom. The van der Waals surface area contributed by atoms with Gasteiger partial charge in [-0.15, -0.1) is 0 Å². The summed E-state index contributed by atoms with van der Waals surface area (Å²) in [6.45, 7) is 6.30. The van der Waals surface area contributed by atoms with Gasteiger partial charge in [0.15, 0.2) is 0 Å². The minimum Gasteiger partial charge on any atom is -0.870 e. The fourth-order valence-electron chi connectivity index (χ4n) is 0.613. The second-order valence-corrected chi connectivity index (χ2v) is 3.19. The molecular weight excluding hydrogens is 146 g/mol. The zero-order valence-corrected chi connectivity index (χ0v) is 7.41. The van der Waals surface area contributed by atoms with Crippen LogP contribution in [-0.4, -0.2) is 40.5 Å². The molecule has 1 unspecified atom stereocenters. The molecule has 0 radical (unpaired) electrons. The highest BCUT2D eigenvalue weighted by molar-refractivity contribution is 4.70. The van der Waals surface area contributed by atoms with Gasteiger partial charge in [-0.3, -0.25) is 0 Å². The summed E-state index contributed by atoms with van der Waals surface area (Å²) in [5.74, 6) is 0. The van der Waals surface area contributed by atoms with Gasteiger partial charge in [0, 0.05) is 0 Å². The smallest absolute Gasteiger partial charge is 0.112 e. The molecule has 0 amide bonds. The summed E-state index contributed by atoms with van der Waals surface area (Å²) in [7, 11) is 0. The van der Waals surface area contributed by atoms with E-state index >= 15 is 0 Å². The molecule has 0 saturated carbocycles. The van der Waals surface area contributed by atoms with Gasteiger partial charge in [0.25, 0.3) is 0 Å². The van der Waals surface area contributed by atoms with Crippen molar-refractivity contribution >= 4 is 0 Å². The average Bonchev–Trinajstić information content (AvgIpc) is 1.80. The van der Waals surface area contributed by atoms with Crippen molar-refractivity contribution in [3.63, 3.8) is 0 Å².